The summed E-state index contributed by atoms with van der Waals surface area (Å²) in [6.07, 6.45) is 2.10. The van der Waals surface area contributed by atoms with Gasteiger partial charge in [0.05, 0.1) is 10.0 Å². The summed E-state index contributed by atoms with van der Waals surface area (Å²) in [6, 6.07) is 3.30. The van der Waals surface area contributed by atoms with Crippen molar-refractivity contribution in [3.05, 3.63) is 28.0 Å². The first-order valence-electron chi connectivity index (χ1n) is 6.45. The molecule has 5 heteroatoms. The van der Waals surface area contributed by atoms with Crippen molar-refractivity contribution >= 4 is 38.5 Å². The molecular formula is C14H18BrFN2S. The van der Waals surface area contributed by atoms with Crippen LogP contribution in [0.4, 0.5) is 10.1 Å². The number of aliphatic imine (C=N–C) groups is 1. The molecule has 0 aliphatic carbocycles. The number of hydrogen-bond acceptors (Lipinski definition) is 3. The maximum Gasteiger partial charge on any atom is 0.161 e. The molecule has 0 unspecified atom stereocenters. The van der Waals surface area contributed by atoms with Gasteiger partial charge in [0.15, 0.2) is 5.17 Å². The molecule has 0 saturated heterocycles. The van der Waals surface area contributed by atoms with E-state index in [0.29, 0.717) is 4.47 Å². The highest BCUT2D eigenvalue weighted by Gasteiger charge is 2.32. The number of aryl methyl sites for hydroxylation is 1. The van der Waals surface area contributed by atoms with E-state index >= 15 is 0 Å². The number of rotatable bonds is 3. The first-order valence-corrected chi connectivity index (χ1v) is 8.23. The van der Waals surface area contributed by atoms with Gasteiger partial charge in [0.1, 0.15) is 5.82 Å². The maximum atomic E-state index is 13.4. The number of nitrogens with one attached hydrogen (secondary N) is 1. The summed E-state index contributed by atoms with van der Waals surface area (Å²) >= 11 is 4.96. The molecule has 1 aliphatic heterocycles. The number of nitrogens with zero attached hydrogens (tertiary/aromatic N) is 1. The van der Waals surface area contributed by atoms with Gasteiger partial charge in [0, 0.05) is 11.4 Å². The Labute approximate surface area is 126 Å². The molecule has 2 nitrogen and oxygen atoms in total. The zero-order valence-electron chi connectivity index (χ0n) is 11.4. The predicted octanol–water partition coefficient (Wildman–Crippen LogP) is 4.97. The topological polar surface area (TPSA) is 24.4 Å². The molecule has 0 atom stereocenters. The minimum atomic E-state index is -0.236. The molecular weight excluding hydrogens is 327 g/mol. The van der Waals surface area contributed by atoms with Crippen molar-refractivity contribution in [1.29, 1.82) is 0 Å². The monoisotopic (exact) mass is 344 g/mol. The zero-order valence-corrected chi connectivity index (χ0v) is 13.8. The number of thioether (sulfide) groups is 1. The van der Waals surface area contributed by atoms with E-state index in [1.54, 1.807) is 17.8 Å². The van der Waals surface area contributed by atoms with E-state index in [4.69, 9.17) is 4.99 Å². The molecule has 0 amide bonds. The fraction of sp³-hybridized carbons (Fsp3) is 0.500. The molecule has 1 N–H and O–H groups in total. The molecule has 1 aliphatic rings. The summed E-state index contributed by atoms with van der Waals surface area (Å²) in [5, 5.41) is 4.25. The standard InChI is InChI=1S/C14H18BrFN2S/c1-4-14(5-2)8-19-13(18-14)17-12-7-10(15)11(16)6-9(12)3/h6-7H,4-5,8H2,1-3H3,(H,17,18). The molecule has 1 heterocycles. The summed E-state index contributed by atoms with van der Waals surface area (Å²) in [6.45, 7) is 6.25. The third kappa shape index (κ3) is 3.14. The van der Waals surface area contributed by atoms with E-state index in [-0.39, 0.29) is 11.4 Å². The number of amidine groups is 1. The average Bonchev–Trinajstić information content (AvgIpc) is 2.80. The van der Waals surface area contributed by atoms with Gasteiger partial charge in [-0.3, -0.25) is 4.99 Å². The van der Waals surface area contributed by atoms with Crippen LogP contribution in [0.25, 0.3) is 0 Å². The largest absolute Gasteiger partial charge is 0.335 e. The van der Waals surface area contributed by atoms with Crippen molar-refractivity contribution in [3.63, 3.8) is 0 Å². The lowest BCUT2D eigenvalue weighted by molar-refractivity contribution is 0.456. The van der Waals surface area contributed by atoms with Crippen LogP contribution in [-0.2, 0) is 0 Å². The van der Waals surface area contributed by atoms with Crippen molar-refractivity contribution < 1.29 is 4.39 Å². The fourth-order valence-electron chi connectivity index (χ4n) is 2.06. The Morgan fingerprint density at radius 3 is 2.68 bits per heavy atom. The van der Waals surface area contributed by atoms with Crippen molar-refractivity contribution in [3.8, 4) is 0 Å². The molecule has 1 aromatic carbocycles. The SMILES string of the molecule is CCC1(CC)CSC(Nc2cc(Br)c(F)cc2C)=N1. The molecule has 0 radical (unpaired) electrons. The fourth-order valence-corrected chi connectivity index (χ4v) is 3.72. The van der Waals surface area contributed by atoms with Crippen LogP contribution >= 0.6 is 27.7 Å². The summed E-state index contributed by atoms with van der Waals surface area (Å²) < 4.78 is 13.9. The second-order valence-corrected chi connectivity index (χ2v) is 6.66. The Kier molecular flexibility index (Phi) is 4.56. The highest BCUT2D eigenvalue weighted by molar-refractivity contribution is 9.10. The Morgan fingerprint density at radius 2 is 2.11 bits per heavy atom. The van der Waals surface area contributed by atoms with Gasteiger partial charge < -0.3 is 5.32 Å². The lowest BCUT2D eigenvalue weighted by atomic mass is 9.97. The molecule has 0 spiro atoms. The van der Waals surface area contributed by atoms with E-state index in [0.717, 1.165) is 35.0 Å². The lowest BCUT2D eigenvalue weighted by Crippen LogP contribution is -2.24. The van der Waals surface area contributed by atoms with Crippen molar-refractivity contribution in [2.75, 3.05) is 11.1 Å². The molecule has 0 bridgehead atoms. The highest BCUT2D eigenvalue weighted by Crippen LogP contribution is 2.34. The van der Waals surface area contributed by atoms with E-state index in [1.807, 2.05) is 6.92 Å². The van der Waals surface area contributed by atoms with Gasteiger partial charge in [0.25, 0.3) is 0 Å². The lowest BCUT2D eigenvalue weighted by Gasteiger charge is -2.20. The van der Waals surface area contributed by atoms with Gasteiger partial charge >= 0.3 is 0 Å². The number of benzene rings is 1. The van der Waals surface area contributed by atoms with Crippen LogP contribution in [-0.4, -0.2) is 16.5 Å². The van der Waals surface area contributed by atoms with Crippen molar-refractivity contribution in [1.82, 2.24) is 0 Å². The molecule has 0 aromatic heterocycles. The third-order valence-electron chi connectivity index (χ3n) is 3.64. The zero-order chi connectivity index (χ0) is 14.0. The third-order valence-corrected chi connectivity index (χ3v) is 5.40. The van der Waals surface area contributed by atoms with Crippen LogP contribution in [0.3, 0.4) is 0 Å². The van der Waals surface area contributed by atoms with Gasteiger partial charge in [-0.1, -0.05) is 25.6 Å². The second-order valence-electron chi connectivity index (χ2n) is 4.84. The van der Waals surface area contributed by atoms with Crippen LogP contribution in [0, 0.1) is 12.7 Å². The van der Waals surface area contributed by atoms with E-state index in [1.165, 1.54) is 6.07 Å². The van der Waals surface area contributed by atoms with Crippen LogP contribution in [0.15, 0.2) is 21.6 Å². The molecule has 0 fully saturated rings. The van der Waals surface area contributed by atoms with Crippen LogP contribution < -0.4 is 5.32 Å². The average molecular weight is 345 g/mol. The minimum absolute atomic E-state index is 0.0676. The van der Waals surface area contributed by atoms with E-state index < -0.39 is 0 Å². The van der Waals surface area contributed by atoms with Gasteiger partial charge in [-0.25, -0.2) is 4.39 Å². The summed E-state index contributed by atoms with van der Waals surface area (Å²) in [7, 11) is 0. The maximum absolute atomic E-state index is 13.4. The van der Waals surface area contributed by atoms with Crippen LogP contribution in [0.1, 0.15) is 32.3 Å². The second kappa shape index (κ2) is 5.83. The molecule has 0 saturated carbocycles. The van der Waals surface area contributed by atoms with Crippen molar-refractivity contribution in [2.45, 2.75) is 39.2 Å². The van der Waals surface area contributed by atoms with Crippen molar-refractivity contribution in [2.24, 2.45) is 4.99 Å². The smallest absolute Gasteiger partial charge is 0.161 e. The Hall–Kier alpha value is -0.550. The quantitative estimate of drug-likeness (QED) is 0.836. The number of halogens is 2. The summed E-state index contributed by atoms with van der Waals surface area (Å²) in [5.74, 6) is 0.782. The summed E-state index contributed by atoms with van der Waals surface area (Å²) in [5.41, 5.74) is 1.86. The van der Waals surface area contributed by atoms with Gasteiger partial charge in [-0.15, -0.1) is 0 Å². The number of anilines is 1. The first-order chi connectivity index (χ1) is 8.99. The Morgan fingerprint density at radius 1 is 1.42 bits per heavy atom. The van der Waals surface area contributed by atoms with Gasteiger partial charge in [0.2, 0.25) is 0 Å². The number of hydrogen-bond donors (Lipinski definition) is 1. The first kappa shape index (κ1) is 14.9. The Balaban J connectivity index is 2.21. The molecule has 19 heavy (non-hydrogen) atoms. The molecule has 1 aromatic rings. The van der Waals surface area contributed by atoms with Crippen LogP contribution in [0.2, 0.25) is 0 Å². The van der Waals surface area contributed by atoms with Gasteiger partial charge in [-0.2, -0.15) is 0 Å². The minimum Gasteiger partial charge on any atom is -0.335 e. The predicted molar refractivity (Wildman–Crippen MR) is 85.7 cm³/mol. The highest BCUT2D eigenvalue weighted by atomic mass is 79.9. The molecule has 2 rings (SSSR count). The van der Waals surface area contributed by atoms with Crippen LogP contribution in [0.5, 0.6) is 0 Å². The van der Waals surface area contributed by atoms with E-state index in [2.05, 4.69) is 35.1 Å². The Bertz CT molecular complexity index is 512. The molecule has 104 valence electrons. The summed E-state index contributed by atoms with van der Waals surface area (Å²) in [4.78, 5) is 4.80. The van der Waals surface area contributed by atoms with Gasteiger partial charge in [-0.05, 0) is 53.4 Å². The van der Waals surface area contributed by atoms with E-state index in [9.17, 15) is 4.39 Å². The normalized spacial score (nSPS) is 17.4.